The van der Waals surface area contributed by atoms with Gasteiger partial charge in [-0.3, -0.25) is 9.80 Å². The standard InChI is InChI=1S/C20H29N3O3.C2H2O4/c1-21-9-5-6-17(21)15-23-12-10-22(11-13-23)14-16-7-8-18(24-2)20(26-4)19(16)25-3;3-1(4)2(5)6/h5-9H,10-15H2,1-4H3;(H,3,4)(H,5,6). The fourth-order valence-electron chi connectivity index (χ4n) is 3.52. The molecule has 2 aromatic rings. The number of carbonyl (C=O) groups is 2. The lowest BCUT2D eigenvalue weighted by atomic mass is 10.1. The van der Waals surface area contributed by atoms with Crippen molar-refractivity contribution in [2.45, 2.75) is 13.1 Å². The predicted molar refractivity (Wildman–Crippen MR) is 117 cm³/mol. The van der Waals surface area contributed by atoms with Gasteiger partial charge in [-0.25, -0.2) is 9.59 Å². The molecule has 3 rings (SSSR count). The summed E-state index contributed by atoms with van der Waals surface area (Å²) in [5.41, 5.74) is 2.49. The van der Waals surface area contributed by atoms with Gasteiger partial charge in [-0.05, 0) is 18.2 Å². The molecule has 1 aromatic heterocycles. The van der Waals surface area contributed by atoms with E-state index in [1.54, 1.807) is 21.3 Å². The van der Waals surface area contributed by atoms with E-state index in [1.807, 2.05) is 6.07 Å². The third kappa shape index (κ3) is 6.63. The van der Waals surface area contributed by atoms with Crippen LogP contribution in [0.25, 0.3) is 0 Å². The van der Waals surface area contributed by atoms with Crippen molar-refractivity contribution >= 4 is 11.9 Å². The maximum Gasteiger partial charge on any atom is 0.414 e. The molecule has 0 spiro atoms. The summed E-state index contributed by atoms with van der Waals surface area (Å²) in [5, 5.41) is 14.8. The fourth-order valence-corrected chi connectivity index (χ4v) is 3.52. The molecular formula is C22H31N3O7. The van der Waals surface area contributed by atoms with E-state index in [4.69, 9.17) is 34.0 Å². The summed E-state index contributed by atoms with van der Waals surface area (Å²) in [7, 11) is 7.07. The second-order valence-corrected chi connectivity index (χ2v) is 7.27. The Labute approximate surface area is 187 Å². The number of aliphatic carboxylic acids is 2. The molecule has 32 heavy (non-hydrogen) atoms. The van der Waals surface area contributed by atoms with Gasteiger partial charge < -0.3 is 29.0 Å². The van der Waals surface area contributed by atoms with Crippen LogP contribution >= 0.6 is 0 Å². The van der Waals surface area contributed by atoms with Gasteiger partial charge in [0.15, 0.2) is 11.5 Å². The summed E-state index contributed by atoms with van der Waals surface area (Å²) in [5.74, 6) is -1.53. The number of nitrogens with zero attached hydrogens (tertiary/aromatic N) is 3. The number of rotatable bonds is 7. The number of hydrogen-bond donors (Lipinski definition) is 2. The molecule has 0 unspecified atom stereocenters. The molecule has 0 saturated carbocycles. The van der Waals surface area contributed by atoms with Crippen LogP contribution in [0, 0.1) is 0 Å². The quantitative estimate of drug-likeness (QED) is 0.607. The molecule has 1 fully saturated rings. The average molecular weight is 450 g/mol. The summed E-state index contributed by atoms with van der Waals surface area (Å²) in [6.07, 6.45) is 2.11. The number of carboxylic acid groups (broad SMARTS) is 2. The Bertz CT molecular complexity index is 893. The van der Waals surface area contributed by atoms with Crippen molar-refractivity contribution in [3.8, 4) is 17.2 Å². The van der Waals surface area contributed by atoms with E-state index in [1.165, 1.54) is 5.69 Å². The number of aryl methyl sites for hydroxylation is 1. The molecular weight excluding hydrogens is 418 g/mol. The molecule has 1 aliphatic heterocycles. The van der Waals surface area contributed by atoms with Crippen molar-refractivity contribution in [2.75, 3.05) is 47.5 Å². The highest BCUT2D eigenvalue weighted by Gasteiger charge is 2.21. The predicted octanol–water partition coefficient (Wildman–Crippen LogP) is 1.52. The van der Waals surface area contributed by atoms with Gasteiger partial charge in [0.2, 0.25) is 5.75 Å². The largest absolute Gasteiger partial charge is 0.493 e. The Morgan fingerprint density at radius 3 is 1.84 bits per heavy atom. The summed E-state index contributed by atoms with van der Waals surface area (Å²) >= 11 is 0. The van der Waals surface area contributed by atoms with Gasteiger partial charge in [-0.1, -0.05) is 6.07 Å². The molecule has 1 aliphatic rings. The van der Waals surface area contributed by atoms with Crippen molar-refractivity contribution < 1.29 is 34.0 Å². The first-order valence-corrected chi connectivity index (χ1v) is 10.1. The summed E-state index contributed by atoms with van der Waals surface area (Å²) < 4.78 is 18.7. The summed E-state index contributed by atoms with van der Waals surface area (Å²) in [6, 6.07) is 8.31. The van der Waals surface area contributed by atoms with Crippen LogP contribution in [0.2, 0.25) is 0 Å². The minimum atomic E-state index is -1.82. The van der Waals surface area contributed by atoms with E-state index in [-0.39, 0.29) is 0 Å². The van der Waals surface area contributed by atoms with Crippen molar-refractivity contribution in [3.63, 3.8) is 0 Å². The van der Waals surface area contributed by atoms with E-state index >= 15 is 0 Å². The molecule has 1 aromatic carbocycles. The molecule has 0 atom stereocenters. The van der Waals surface area contributed by atoms with Gasteiger partial charge in [0, 0.05) is 63.8 Å². The first-order chi connectivity index (χ1) is 15.3. The fraction of sp³-hybridized carbons (Fsp3) is 0.455. The number of aromatic nitrogens is 1. The molecule has 0 aliphatic carbocycles. The molecule has 176 valence electrons. The third-order valence-electron chi connectivity index (χ3n) is 5.26. The van der Waals surface area contributed by atoms with E-state index in [0.717, 1.165) is 50.6 Å². The van der Waals surface area contributed by atoms with Gasteiger partial charge in [0.1, 0.15) is 0 Å². The van der Waals surface area contributed by atoms with Crippen molar-refractivity contribution in [1.82, 2.24) is 14.4 Å². The smallest absolute Gasteiger partial charge is 0.414 e. The lowest BCUT2D eigenvalue weighted by molar-refractivity contribution is -0.159. The van der Waals surface area contributed by atoms with Crippen LogP contribution in [0.15, 0.2) is 30.5 Å². The van der Waals surface area contributed by atoms with Gasteiger partial charge in [-0.15, -0.1) is 0 Å². The van der Waals surface area contributed by atoms with Crippen LogP contribution < -0.4 is 14.2 Å². The monoisotopic (exact) mass is 449 g/mol. The van der Waals surface area contributed by atoms with E-state index in [9.17, 15) is 0 Å². The van der Waals surface area contributed by atoms with Crippen molar-refractivity contribution in [1.29, 1.82) is 0 Å². The molecule has 10 nitrogen and oxygen atoms in total. The zero-order chi connectivity index (χ0) is 23.7. The maximum atomic E-state index is 9.10. The second-order valence-electron chi connectivity index (χ2n) is 7.27. The van der Waals surface area contributed by atoms with Crippen LogP contribution in [0.3, 0.4) is 0 Å². The second kappa shape index (κ2) is 12.0. The highest BCUT2D eigenvalue weighted by atomic mass is 16.5. The highest BCUT2D eigenvalue weighted by Crippen LogP contribution is 2.40. The Morgan fingerprint density at radius 1 is 0.844 bits per heavy atom. The Hall–Kier alpha value is -3.24. The third-order valence-corrected chi connectivity index (χ3v) is 5.26. The number of ether oxygens (including phenoxy) is 3. The first-order valence-electron chi connectivity index (χ1n) is 10.1. The van der Waals surface area contributed by atoms with Crippen LogP contribution in [0.1, 0.15) is 11.3 Å². The number of methoxy groups -OCH3 is 3. The SMILES string of the molecule is COc1ccc(CN2CCN(Cc3cccn3C)CC2)c(OC)c1OC.O=C(O)C(=O)O. The minimum absolute atomic E-state index is 0.662. The molecule has 2 heterocycles. The maximum absolute atomic E-state index is 9.10. The van der Waals surface area contributed by atoms with E-state index in [0.29, 0.717) is 11.5 Å². The average Bonchev–Trinajstić information content (AvgIpc) is 3.19. The molecule has 0 bridgehead atoms. The van der Waals surface area contributed by atoms with Crippen LogP contribution in [0.5, 0.6) is 17.2 Å². The molecule has 0 amide bonds. The summed E-state index contributed by atoms with van der Waals surface area (Å²) in [6.45, 7) is 6.09. The van der Waals surface area contributed by atoms with Gasteiger partial charge >= 0.3 is 11.9 Å². The van der Waals surface area contributed by atoms with Crippen LogP contribution in [0.4, 0.5) is 0 Å². The van der Waals surface area contributed by atoms with Crippen LogP contribution in [-0.4, -0.2) is 84.0 Å². The van der Waals surface area contributed by atoms with Gasteiger partial charge in [0.25, 0.3) is 0 Å². The number of carboxylic acids is 2. The van der Waals surface area contributed by atoms with E-state index in [2.05, 4.69) is 45.8 Å². The number of hydrogen-bond acceptors (Lipinski definition) is 7. The zero-order valence-corrected chi connectivity index (χ0v) is 18.9. The van der Waals surface area contributed by atoms with Gasteiger partial charge in [0.05, 0.1) is 21.3 Å². The highest BCUT2D eigenvalue weighted by molar-refractivity contribution is 6.27. The van der Waals surface area contributed by atoms with Gasteiger partial charge in [-0.2, -0.15) is 0 Å². The normalized spacial score (nSPS) is 14.2. The number of benzene rings is 1. The molecule has 10 heteroatoms. The summed E-state index contributed by atoms with van der Waals surface area (Å²) in [4.78, 5) is 23.2. The van der Waals surface area contributed by atoms with Crippen LogP contribution in [-0.2, 0) is 29.7 Å². The van der Waals surface area contributed by atoms with Crippen molar-refractivity contribution in [2.24, 2.45) is 7.05 Å². The molecule has 1 saturated heterocycles. The lowest BCUT2D eigenvalue weighted by Gasteiger charge is -2.35. The minimum Gasteiger partial charge on any atom is -0.493 e. The Balaban J connectivity index is 0.000000534. The Kier molecular flexibility index (Phi) is 9.36. The number of piperazine rings is 1. The molecule has 2 N–H and O–H groups in total. The topological polar surface area (TPSA) is 114 Å². The Morgan fingerprint density at radius 2 is 1.41 bits per heavy atom. The molecule has 0 radical (unpaired) electrons. The first kappa shape index (κ1) is 25.0. The van der Waals surface area contributed by atoms with Crippen molar-refractivity contribution in [3.05, 3.63) is 41.7 Å². The zero-order valence-electron chi connectivity index (χ0n) is 18.9. The lowest BCUT2D eigenvalue weighted by Crippen LogP contribution is -2.45. The van der Waals surface area contributed by atoms with E-state index < -0.39 is 11.9 Å².